The van der Waals surface area contributed by atoms with Crippen LogP contribution in [-0.4, -0.2) is 25.3 Å². The highest BCUT2D eigenvalue weighted by atomic mass is 35.5. The van der Waals surface area contributed by atoms with Crippen molar-refractivity contribution in [2.45, 2.75) is 6.61 Å². The van der Waals surface area contributed by atoms with Crippen molar-refractivity contribution in [1.29, 1.82) is 0 Å². The molecule has 0 saturated heterocycles. The highest BCUT2D eigenvalue weighted by Gasteiger charge is 2.02. The van der Waals surface area contributed by atoms with Gasteiger partial charge in [0.05, 0.1) is 25.3 Å². The summed E-state index contributed by atoms with van der Waals surface area (Å²) in [6.07, 6.45) is 0. The van der Waals surface area contributed by atoms with E-state index in [1.165, 1.54) is 0 Å². The van der Waals surface area contributed by atoms with Crippen LogP contribution in [0.5, 0.6) is 0 Å². The SMILES string of the molecule is COCCOCc1cccc2nc(Cl)ccc12. The molecule has 1 aromatic heterocycles. The van der Waals surface area contributed by atoms with Crippen molar-refractivity contribution in [3.8, 4) is 0 Å². The molecule has 0 saturated carbocycles. The van der Waals surface area contributed by atoms with Gasteiger partial charge in [-0.1, -0.05) is 23.7 Å². The molecule has 0 N–H and O–H groups in total. The van der Waals surface area contributed by atoms with E-state index in [2.05, 4.69) is 4.98 Å². The quantitative estimate of drug-likeness (QED) is 0.605. The van der Waals surface area contributed by atoms with Crippen molar-refractivity contribution >= 4 is 22.5 Å². The number of fused-ring (bicyclic) bond motifs is 1. The molecule has 0 spiro atoms. The summed E-state index contributed by atoms with van der Waals surface area (Å²) in [5, 5.41) is 1.59. The summed E-state index contributed by atoms with van der Waals surface area (Å²) in [7, 11) is 1.66. The van der Waals surface area contributed by atoms with Gasteiger partial charge in [-0.15, -0.1) is 0 Å². The fourth-order valence-corrected chi connectivity index (χ4v) is 1.80. The van der Waals surface area contributed by atoms with Crippen molar-refractivity contribution in [1.82, 2.24) is 4.98 Å². The Balaban J connectivity index is 2.16. The van der Waals surface area contributed by atoms with E-state index in [4.69, 9.17) is 21.1 Å². The van der Waals surface area contributed by atoms with Crippen LogP contribution < -0.4 is 0 Å². The maximum atomic E-state index is 5.86. The lowest BCUT2D eigenvalue weighted by Gasteiger charge is -2.07. The number of aromatic nitrogens is 1. The Morgan fingerprint density at radius 2 is 2.06 bits per heavy atom. The molecule has 17 heavy (non-hydrogen) atoms. The molecule has 0 unspecified atom stereocenters. The molecular weight excluding hydrogens is 238 g/mol. The maximum absolute atomic E-state index is 5.86. The monoisotopic (exact) mass is 251 g/mol. The van der Waals surface area contributed by atoms with Crippen LogP contribution in [0.3, 0.4) is 0 Å². The first-order valence-electron chi connectivity index (χ1n) is 5.42. The minimum absolute atomic E-state index is 0.509. The van der Waals surface area contributed by atoms with Crippen LogP contribution in [-0.2, 0) is 16.1 Å². The van der Waals surface area contributed by atoms with Crippen LogP contribution >= 0.6 is 11.6 Å². The Hall–Kier alpha value is -1.16. The Labute approximate surface area is 105 Å². The van der Waals surface area contributed by atoms with Gasteiger partial charge in [-0.2, -0.15) is 0 Å². The Kier molecular flexibility index (Phi) is 4.31. The molecule has 0 amide bonds. The molecule has 0 aliphatic carbocycles. The molecule has 90 valence electrons. The van der Waals surface area contributed by atoms with E-state index in [1.807, 2.05) is 24.3 Å². The first-order valence-corrected chi connectivity index (χ1v) is 5.80. The second-order valence-corrected chi connectivity index (χ2v) is 4.05. The van der Waals surface area contributed by atoms with E-state index in [-0.39, 0.29) is 0 Å². The molecular formula is C13H14ClNO2. The summed E-state index contributed by atoms with van der Waals surface area (Å²) >= 11 is 5.86. The van der Waals surface area contributed by atoms with Crippen LogP contribution in [0, 0.1) is 0 Å². The van der Waals surface area contributed by atoms with Crippen molar-refractivity contribution in [2.24, 2.45) is 0 Å². The first-order chi connectivity index (χ1) is 8.31. The van der Waals surface area contributed by atoms with Gasteiger partial charge >= 0.3 is 0 Å². The van der Waals surface area contributed by atoms with E-state index in [0.29, 0.717) is 25.0 Å². The third-order valence-corrected chi connectivity index (χ3v) is 2.69. The number of hydrogen-bond donors (Lipinski definition) is 0. The van der Waals surface area contributed by atoms with Gasteiger partial charge in [0.1, 0.15) is 5.15 Å². The van der Waals surface area contributed by atoms with Gasteiger partial charge in [-0.25, -0.2) is 4.98 Å². The Morgan fingerprint density at radius 1 is 1.18 bits per heavy atom. The van der Waals surface area contributed by atoms with Gasteiger partial charge in [-0.3, -0.25) is 0 Å². The summed E-state index contributed by atoms with van der Waals surface area (Å²) in [6, 6.07) is 9.70. The predicted molar refractivity (Wildman–Crippen MR) is 68.3 cm³/mol. The lowest BCUT2D eigenvalue weighted by atomic mass is 10.1. The Bertz CT molecular complexity index is 502. The lowest BCUT2D eigenvalue weighted by Crippen LogP contribution is -2.02. The minimum atomic E-state index is 0.509. The number of nitrogens with zero attached hydrogens (tertiary/aromatic N) is 1. The number of ether oxygens (including phenoxy) is 2. The third-order valence-electron chi connectivity index (χ3n) is 2.48. The third kappa shape index (κ3) is 3.16. The zero-order valence-electron chi connectivity index (χ0n) is 9.65. The predicted octanol–water partition coefficient (Wildman–Crippen LogP) is 3.05. The molecule has 1 aromatic carbocycles. The number of methoxy groups -OCH3 is 1. The normalized spacial score (nSPS) is 10.9. The summed E-state index contributed by atoms with van der Waals surface area (Å²) in [6.45, 7) is 1.76. The van der Waals surface area contributed by atoms with Gasteiger partial charge in [0.25, 0.3) is 0 Å². The van der Waals surface area contributed by atoms with Crippen LogP contribution in [0.15, 0.2) is 30.3 Å². The fraction of sp³-hybridized carbons (Fsp3) is 0.308. The molecule has 0 radical (unpaired) electrons. The van der Waals surface area contributed by atoms with Gasteiger partial charge < -0.3 is 9.47 Å². The minimum Gasteiger partial charge on any atom is -0.382 e. The topological polar surface area (TPSA) is 31.4 Å². The van der Waals surface area contributed by atoms with Crippen molar-refractivity contribution in [2.75, 3.05) is 20.3 Å². The van der Waals surface area contributed by atoms with Gasteiger partial charge in [0.2, 0.25) is 0 Å². The lowest BCUT2D eigenvalue weighted by molar-refractivity contribution is 0.0621. The highest BCUT2D eigenvalue weighted by molar-refractivity contribution is 6.29. The van der Waals surface area contributed by atoms with Crippen LogP contribution in [0.2, 0.25) is 5.15 Å². The molecule has 3 nitrogen and oxygen atoms in total. The average Bonchev–Trinajstić information content (AvgIpc) is 2.34. The van der Waals surface area contributed by atoms with Crippen molar-refractivity contribution in [3.05, 3.63) is 41.0 Å². The van der Waals surface area contributed by atoms with E-state index < -0.39 is 0 Å². The molecule has 1 heterocycles. The number of benzene rings is 1. The number of rotatable bonds is 5. The number of pyridine rings is 1. The summed E-state index contributed by atoms with van der Waals surface area (Å²) in [5.41, 5.74) is 2.01. The zero-order chi connectivity index (χ0) is 12.1. The van der Waals surface area contributed by atoms with Crippen LogP contribution in [0.1, 0.15) is 5.56 Å². The number of hydrogen-bond acceptors (Lipinski definition) is 3. The van der Waals surface area contributed by atoms with E-state index in [9.17, 15) is 0 Å². The van der Waals surface area contributed by atoms with Crippen LogP contribution in [0.25, 0.3) is 10.9 Å². The largest absolute Gasteiger partial charge is 0.382 e. The van der Waals surface area contributed by atoms with Crippen molar-refractivity contribution < 1.29 is 9.47 Å². The van der Waals surface area contributed by atoms with Gasteiger partial charge in [-0.05, 0) is 23.8 Å². The second kappa shape index (κ2) is 5.96. The summed E-state index contributed by atoms with van der Waals surface area (Å²) in [5.74, 6) is 0. The van der Waals surface area contributed by atoms with Crippen molar-refractivity contribution in [3.63, 3.8) is 0 Å². The van der Waals surface area contributed by atoms with E-state index in [0.717, 1.165) is 16.5 Å². The molecule has 0 bridgehead atoms. The number of halogens is 1. The molecule has 4 heteroatoms. The molecule has 2 rings (SSSR count). The van der Waals surface area contributed by atoms with Crippen LogP contribution in [0.4, 0.5) is 0 Å². The molecule has 0 fully saturated rings. The Morgan fingerprint density at radius 3 is 2.88 bits per heavy atom. The van der Waals surface area contributed by atoms with E-state index in [1.54, 1.807) is 13.2 Å². The second-order valence-electron chi connectivity index (χ2n) is 3.66. The summed E-state index contributed by atoms with van der Waals surface area (Å²) < 4.78 is 10.4. The molecule has 0 aliphatic heterocycles. The average molecular weight is 252 g/mol. The molecule has 0 atom stereocenters. The smallest absolute Gasteiger partial charge is 0.129 e. The fourth-order valence-electron chi connectivity index (χ4n) is 1.64. The molecule has 2 aromatic rings. The van der Waals surface area contributed by atoms with Gasteiger partial charge in [0.15, 0.2) is 0 Å². The first kappa shape index (κ1) is 12.3. The highest BCUT2D eigenvalue weighted by Crippen LogP contribution is 2.20. The zero-order valence-corrected chi connectivity index (χ0v) is 10.4. The standard InChI is InChI=1S/C13H14ClNO2/c1-16-7-8-17-9-10-3-2-4-12-11(10)5-6-13(14)15-12/h2-6H,7-9H2,1H3. The van der Waals surface area contributed by atoms with Gasteiger partial charge in [0, 0.05) is 12.5 Å². The molecule has 0 aliphatic rings. The summed E-state index contributed by atoms with van der Waals surface area (Å²) in [4.78, 5) is 4.27. The maximum Gasteiger partial charge on any atom is 0.129 e. The van der Waals surface area contributed by atoms with E-state index >= 15 is 0 Å².